The number of halogens is 1. The van der Waals surface area contributed by atoms with E-state index >= 15 is 0 Å². The molecule has 0 aromatic heterocycles. The van der Waals surface area contributed by atoms with Gasteiger partial charge in [0.2, 0.25) is 5.91 Å². The number of fused-ring (bicyclic) bond motifs is 2. The van der Waals surface area contributed by atoms with Crippen LogP contribution in [0.4, 0.5) is 0 Å². The lowest BCUT2D eigenvalue weighted by atomic mass is 9.89. The first-order valence-electron chi connectivity index (χ1n) is 8.35. The van der Waals surface area contributed by atoms with Crippen molar-refractivity contribution in [1.29, 1.82) is 0 Å². The highest BCUT2D eigenvalue weighted by atomic mass is 35.5. The van der Waals surface area contributed by atoms with Crippen molar-refractivity contribution >= 4 is 18.3 Å². The van der Waals surface area contributed by atoms with Crippen molar-refractivity contribution in [3.8, 4) is 0 Å². The summed E-state index contributed by atoms with van der Waals surface area (Å²) in [6, 6.07) is 1.42. The Morgan fingerprint density at radius 1 is 0.950 bits per heavy atom. The Balaban J connectivity index is 0.00000147. The van der Waals surface area contributed by atoms with Crippen LogP contribution in [0.3, 0.4) is 0 Å². The molecule has 1 N–H and O–H groups in total. The minimum Gasteiger partial charge on any atom is -0.343 e. The Labute approximate surface area is 129 Å². The zero-order valence-electron chi connectivity index (χ0n) is 12.5. The first-order valence-corrected chi connectivity index (χ1v) is 8.35. The van der Waals surface area contributed by atoms with E-state index in [-0.39, 0.29) is 12.4 Å². The number of amides is 1. The molecular weight excluding hydrogens is 272 g/mol. The number of nitrogens with zero attached hydrogens (tertiary/aromatic N) is 1. The molecule has 2 atom stereocenters. The van der Waals surface area contributed by atoms with Crippen LogP contribution in [0.2, 0.25) is 0 Å². The van der Waals surface area contributed by atoms with Gasteiger partial charge in [-0.05, 0) is 44.4 Å². The molecule has 2 bridgehead atoms. The van der Waals surface area contributed by atoms with E-state index < -0.39 is 0 Å². The summed E-state index contributed by atoms with van der Waals surface area (Å²) < 4.78 is 0. The maximum absolute atomic E-state index is 12.5. The van der Waals surface area contributed by atoms with Gasteiger partial charge in [0.1, 0.15) is 0 Å². The van der Waals surface area contributed by atoms with E-state index in [1.807, 2.05) is 0 Å². The maximum Gasteiger partial charge on any atom is 0.222 e. The summed E-state index contributed by atoms with van der Waals surface area (Å²) in [6.45, 7) is 2.02. The maximum atomic E-state index is 12.5. The van der Waals surface area contributed by atoms with Crippen molar-refractivity contribution < 1.29 is 4.79 Å². The third kappa shape index (κ3) is 4.11. The Morgan fingerprint density at radius 2 is 1.50 bits per heavy atom. The van der Waals surface area contributed by atoms with E-state index in [2.05, 4.69) is 10.2 Å². The first kappa shape index (κ1) is 16.1. The van der Waals surface area contributed by atoms with E-state index in [1.54, 1.807) is 0 Å². The first-order chi connectivity index (χ1) is 9.31. The lowest BCUT2D eigenvalue weighted by molar-refractivity contribution is -0.132. The number of piperidine rings is 1. The molecule has 3 aliphatic heterocycles. The fourth-order valence-corrected chi connectivity index (χ4v) is 4.21. The zero-order valence-corrected chi connectivity index (χ0v) is 13.3. The molecule has 3 heterocycles. The normalized spacial score (nSPS) is 34.0. The Kier molecular flexibility index (Phi) is 6.16. The van der Waals surface area contributed by atoms with E-state index in [4.69, 9.17) is 0 Å². The molecule has 0 aromatic carbocycles. The number of hydrogen-bond acceptors (Lipinski definition) is 2. The number of likely N-dealkylation sites (tertiary alicyclic amines) is 1. The van der Waals surface area contributed by atoms with Crippen molar-refractivity contribution in [3.05, 3.63) is 0 Å². The summed E-state index contributed by atoms with van der Waals surface area (Å²) in [5.74, 6) is 1.09. The second-order valence-electron chi connectivity index (χ2n) is 6.83. The van der Waals surface area contributed by atoms with Crippen LogP contribution in [0.15, 0.2) is 0 Å². The Bertz CT molecular complexity index is 304. The average molecular weight is 301 g/mol. The summed E-state index contributed by atoms with van der Waals surface area (Å²) in [6.07, 6.45) is 12.3. The molecule has 0 radical (unpaired) electrons. The molecular formula is C16H29ClN2O. The molecule has 0 aromatic rings. The number of rotatable bonds is 2. The number of carbonyl (C=O) groups excluding carboxylic acids is 1. The van der Waals surface area contributed by atoms with Gasteiger partial charge in [-0.15, -0.1) is 12.4 Å². The Hall–Kier alpha value is -0.280. The molecule has 20 heavy (non-hydrogen) atoms. The minimum absolute atomic E-state index is 0. The van der Waals surface area contributed by atoms with E-state index in [0.717, 1.165) is 19.5 Å². The molecule has 3 aliphatic rings. The number of carbonyl (C=O) groups is 1. The fourth-order valence-electron chi connectivity index (χ4n) is 4.21. The van der Waals surface area contributed by atoms with Gasteiger partial charge >= 0.3 is 0 Å². The van der Waals surface area contributed by atoms with Crippen LogP contribution in [-0.2, 0) is 4.79 Å². The highest BCUT2D eigenvalue weighted by Crippen LogP contribution is 2.33. The van der Waals surface area contributed by atoms with Gasteiger partial charge in [-0.25, -0.2) is 0 Å². The molecule has 0 aliphatic carbocycles. The fraction of sp³-hybridized carbons (Fsp3) is 0.938. The summed E-state index contributed by atoms with van der Waals surface area (Å²) in [7, 11) is 0. The van der Waals surface area contributed by atoms with Crippen LogP contribution < -0.4 is 5.32 Å². The van der Waals surface area contributed by atoms with Crippen molar-refractivity contribution in [2.24, 2.45) is 5.92 Å². The van der Waals surface area contributed by atoms with Gasteiger partial charge in [0.05, 0.1) is 0 Å². The van der Waals surface area contributed by atoms with Crippen LogP contribution >= 0.6 is 12.4 Å². The summed E-state index contributed by atoms with van der Waals surface area (Å²) in [4.78, 5) is 14.6. The molecule has 1 amide bonds. The highest BCUT2D eigenvalue weighted by Gasteiger charge is 2.34. The largest absolute Gasteiger partial charge is 0.343 e. The molecule has 3 saturated heterocycles. The molecule has 0 saturated carbocycles. The SMILES string of the molecule is Cl.O=C(CC1CC2CCC(C1)N2)N1CCCCCCC1. The second-order valence-corrected chi connectivity index (χ2v) is 6.83. The minimum atomic E-state index is 0. The van der Waals surface area contributed by atoms with Crippen molar-refractivity contribution in [1.82, 2.24) is 10.2 Å². The van der Waals surface area contributed by atoms with Gasteiger partial charge in [-0.2, -0.15) is 0 Å². The molecule has 0 spiro atoms. The smallest absolute Gasteiger partial charge is 0.222 e. The van der Waals surface area contributed by atoms with Gasteiger partial charge in [0.15, 0.2) is 0 Å². The van der Waals surface area contributed by atoms with Crippen molar-refractivity contribution in [2.75, 3.05) is 13.1 Å². The lowest BCUT2D eigenvalue weighted by Gasteiger charge is -2.31. The molecule has 3 fully saturated rings. The van der Waals surface area contributed by atoms with Crippen LogP contribution in [0.5, 0.6) is 0 Å². The van der Waals surface area contributed by atoms with Crippen LogP contribution in [0.25, 0.3) is 0 Å². The molecule has 3 nitrogen and oxygen atoms in total. The molecule has 2 unspecified atom stereocenters. The molecule has 116 valence electrons. The van der Waals surface area contributed by atoms with Crippen molar-refractivity contribution in [3.63, 3.8) is 0 Å². The molecule has 4 heteroatoms. The average Bonchev–Trinajstić information content (AvgIpc) is 2.68. The summed E-state index contributed by atoms with van der Waals surface area (Å²) in [5.41, 5.74) is 0. The molecule has 3 rings (SSSR count). The third-order valence-corrected chi connectivity index (χ3v) is 5.24. The zero-order chi connectivity index (χ0) is 13.1. The quantitative estimate of drug-likeness (QED) is 0.850. The topological polar surface area (TPSA) is 32.3 Å². The monoisotopic (exact) mass is 300 g/mol. The van der Waals surface area contributed by atoms with Crippen LogP contribution in [0, 0.1) is 5.92 Å². The van der Waals surface area contributed by atoms with Gasteiger partial charge in [-0.3, -0.25) is 4.79 Å². The van der Waals surface area contributed by atoms with Gasteiger partial charge < -0.3 is 10.2 Å². The highest BCUT2D eigenvalue weighted by molar-refractivity contribution is 5.85. The number of nitrogens with one attached hydrogen (secondary N) is 1. The van der Waals surface area contributed by atoms with Crippen molar-refractivity contribution in [2.45, 2.75) is 76.3 Å². The van der Waals surface area contributed by atoms with Crippen LogP contribution in [0.1, 0.15) is 64.2 Å². The Morgan fingerprint density at radius 3 is 2.10 bits per heavy atom. The van der Waals surface area contributed by atoms with E-state index in [1.165, 1.54) is 57.8 Å². The predicted molar refractivity (Wildman–Crippen MR) is 84.2 cm³/mol. The second kappa shape index (κ2) is 7.65. The van der Waals surface area contributed by atoms with E-state index in [9.17, 15) is 4.79 Å². The standard InChI is InChI=1S/C16H28N2O.ClH/c19-16(18-8-4-2-1-3-5-9-18)12-13-10-14-6-7-15(11-13)17-14;/h13-15,17H,1-12H2;1H. The van der Waals surface area contributed by atoms with Crippen LogP contribution in [-0.4, -0.2) is 36.0 Å². The third-order valence-electron chi connectivity index (χ3n) is 5.24. The summed E-state index contributed by atoms with van der Waals surface area (Å²) >= 11 is 0. The van der Waals surface area contributed by atoms with Gasteiger partial charge in [-0.1, -0.05) is 19.3 Å². The van der Waals surface area contributed by atoms with E-state index in [0.29, 0.717) is 23.9 Å². The van der Waals surface area contributed by atoms with Gasteiger partial charge in [0.25, 0.3) is 0 Å². The van der Waals surface area contributed by atoms with Gasteiger partial charge in [0, 0.05) is 31.6 Å². The number of hydrogen-bond donors (Lipinski definition) is 1. The lowest BCUT2D eigenvalue weighted by Crippen LogP contribution is -2.41. The summed E-state index contributed by atoms with van der Waals surface area (Å²) in [5, 5.41) is 3.67. The predicted octanol–water partition coefficient (Wildman–Crippen LogP) is 3.12.